The Morgan fingerprint density at radius 3 is 2.93 bits per heavy atom. The van der Waals surface area contributed by atoms with E-state index < -0.39 is 0 Å². The van der Waals surface area contributed by atoms with Crippen molar-refractivity contribution >= 4 is 5.82 Å². The van der Waals surface area contributed by atoms with Gasteiger partial charge in [0.05, 0.1) is 24.6 Å². The standard InChI is InChI=1S/C20H28N6O/c1-24(13-19-16-10-21-25(2)18(16)7-8-27-19)15-11-26(12-15)20-9-14-5-3-4-6-17(14)22-23-20/h9-10,15,19H,3-8,11-13H2,1-2H3. The number of likely N-dealkylation sites (N-methyl/N-ethyl adjacent to an activating group) is 1. The Balaban J connectivity index is 1.20. The molecule has 1 aliphatic carbocycles. The number of rotatable bonds is 4. The third kappa shape index (κ3) is 3.12. The van der Waals surface area contributed by atoms with Gasteiger partial charge in [0, 0.05) is 50.4 Å². The number of anilines is 1. The molecule has 0 bridgehead atoms. The molecule has 0 saturated carbocycles. The molecule has 1 saturated heterocycles. The van der Waals surface area contributed by atoms with E-state index in [0.717, 1.165) is 51.3 Å². The number of aromatic nitrogens is 4. The average molecular weight is 368 g/mol. The van der Waals surface area contributed by atoms with Crippen molar-refractivity contribution in [2.24, 2.45) is 7.05 Å². The molecule has 3 aliphatic rings. The van der Waals surface area contributed by atoms with Crippen LogP contribution < -0.4 is 4.90 Å². The third-order valence-electron chi connectivity index (χ3n) is 6.42. The Kier molecular flexibility index (Phi) is 4.36. The van der Waals surface area contributed by atoms with E-state index in [9.17, 15) is 0 Å². The monoisotopic (exact) mass is 368 g/mol. The Bertz CT molecular complexity index is 828. The molecule has 7 nitrogen and oxygen atoms in total. The minimum Gasteiger partial charge on any atom is -0.372 e. The van der Waals surface area contributed by atoms with Gasteiger partial charge in [-0.3, -0.25) is 9.58 Å². The lowest BCUT2D eigenvalue weighted by Gasteiger charge is -2.45. The van der Waals surface area contributed by atoms with Crippen LogP contribution in [0.15, 0.2) is 12.3 Å². The summed E-state index contributed by atoms with van der Waals surface area (Å²) >= 11 is 0. The number of nitrogens with zero attached hydrogens (tertiary/aromatic N) is 6. The largest absolute Gasteiger partial charge is 0.372 e. The van der Waals surface area contributed by atoms with Gasteiger partial charge in [-0.15, -0.1) is 5.10 Å². The summed E-state index contributed by atoms with van der Waals surface area (Å²) in [5.41, 5.74) is 5.19. The third-order valence-corrected chi connectivity index (χ3v) is 6.42. The van der Waals surface area contributed by atoms with Gasteiger partial charge < -0.3 is 9.64 Å². The highest BCUT2D eigenvalue weighted by Gasteiger charge is 2.34. The highest BCUT2D eigenvalue weighted by atomic mass is 16.5. The van der Waals surface area contributed by atoms with Crippen LogP contribution in [-0.4, -0.2) is 64.2 Å². The molecule has 5 rings (SSSR count). The van der Waals surface area contributed by atoms with Crippen LogP contribution >= 0.6 is 0 Å². The van der Waals surface area contributed by atoms with E-state index in [0.29, 0.717) is 6.04 Å². The quantitative estimate of drug-likeness (QED) is 0.816. The Labute approximate surface area is 160 Å². The second kappa shape index (κ2) is 6.87. The maximum Gasteiger partial charge on any atom is 0.151 e. The van der Waals surface area contributed by atoms with Gasteiger partial charge in [-0.2, -0.15) is 10.2 Å². The van der Waals surface area contributed by atoms with Crippen molar-refractivity contribution in [3.63, 3.8) is 0 Å². The summed E-state index contributed by atoms with van der Waals surface area (Å²) in [5, 5.41) is 13.4. The minimum atomic E-state index is 0.130. The lowest BCUT2D eigenvalue weighted by Crippen LogP contribution is -2.59. The predicted molar refractivity (Wildman–Crippen MR) is 103 cm³/mol. The Hall–Kier alpha value is -1.99. The van der Waals surface area contributed by atoms with E-state index >= 15 is 0 Å². The first-order valence-corrected chi connectivity index (χ1v) is 10.1. The normalized spacial score (nSPS) is 22.5. The van der Waals surface area contributed by atoms with Gasteiger partial charge in [0.1, 0.15) is 0 Å². The van der Waals surface area contributed by atoms with Gasteiger partial charge in [0.15, 0.2) is 5.82 Å². The second-order valence-corrected chi connectivity index (χ2v) is 8.16. The first-order chi connectivity index (χ1) is 13.2. The van der Waals surface area contributed by atoms with Crippen LogP contribution in [0.3, 0.4) is 0 Å². The fourth-order valence-corrected chi connectivity index (χ4v) is 4.56. The molecule has 0 radical (unpaired) electrons. The maximum atomic E-state index is 6.05. The molecule has 144 valence electrons. The van der Waals surface area contributed by atoms with E-state index in [1.54, 1.807) is 0 Å². The van der Waals surface area contributed by atoms with Crippen molar-refractivity contribution in [3.05, 3.63) is 34.8 Å². The number of ether oxygens (including phenoxy) is 1. The summed E-state index contributed by atoms with van der Waals surface area (Å²) in [4.78, 5) is 4.77. The summed E-state index contributed by atoms with van der Waals surface area (Å²) < 4.78 is 8.04. The summed E-state index contributed by atoms with van der Waals surface area (Å²) in [6.45, 7) is 3.72. The van der Waals surface area contributed by atoms with Crippen molar-refractivity contribution in [1.82, 2.24) is 24.9 Å². The van der Waals surface area contributed by atoms with Crippen LogP contribution in [0, 0.1) is 0 Å². The molecule has 0 N–H and O–H groups in total. The lowest BCUT2D eigenvalue weighted by molar-refractivity contribution is 0.00913. The number of hydrogen-bond donors (Lipinski definition) is 0. The first-order valence-electron chi connectivity index (χ1n) is 10.1. The van der Waals surface area contributed by atoms with Crippen molar-refractivity contribution in [1.29, 1.82) is 0 Å². The molecule has 0 aromatic carbocycles. The zero-order chi connectivity index (χ0) is 18.4. The van der Waals surface area contributed by atoms with Gasteiger partial charge in [-0.25, -0.2) is 0 Å². The molecule has 2 aliphatic heterocycles. The molecule has 4 heterocycles. The SMILES string of the molecule is CN(CC1OCCc2c1cnn2C)C1CN(c2cc3c(nn2)CCCC3)C1. The summed E-state index contributed by atoms with van der Waals surface area (Å²) in [6.07, 6.45) is 7.83. The van der Waals surface area contributed by atoms with Crippen molar-refractivity contribution in [2.75, 3.05) is 38.2 Å². The number of fused-ring (bicyclic) bond motifs is 2. The first kappa shape index (κ1) is 17.1. The molecule has 2 aromatic rings. The average Bonchev–Trinajstić information content (AvgIpc) is 3.03. The van der Waals surface area contributed by atoms with Crippen LogP contribution in [-0.2, 0) is 31.0 Å². The highest BCUT2D eigenvalue weighted by molar-refractivity contribution is 5.45. The molecular formula is C20H28N6O. The molecule has 2 aromatic heterocycles. The lowest BCUT2D eigenvalue weighted by atomic mass is 9.96. The fourth-order valence-electron chi connectivity index (χ4n) is 4.56. The molecule has 1 fully saturated rings. The molecule has 1 atom stereocenters. The molecule has 1 unspecified atom stereocenters. The molecule has 27 heavy (non-hydrogen) atoms. The van der Waals surface area contributed by atoms with E-state index in [1.165, 1.54) is 35.4 Å². The zero-order valence-corrected chi connectivity index (χ0v) is 16.3. The van der Waals surface area contributed by atoms with E-state index in [4.69, 9.17) is 4.74 Å². The van der Waals surface area contributed by atoms with Gasteiger partial charge in [0.2, 0.25) is 0 Å². The topological polar surface area (TPSA) is 59.3 Å². The second-order valence-electron chi connectivity index (χ2n) is 8.16. The predicted octanol–water partition coefficient (Wildman–Crippen LogP) is 1.52. The summed E-state index contributed by atoms with van der Waals surface area (Å²) in [5.74, 6) is 1.05. The fraction of sp³-hybridized carbons (Fsp3) is 0.650. The summed E-state index contributed by atoms with van der Waals surface area (Å²) in [6, 6.07) is 2.80. The highest BCUT2D eigenvalue weighted by Crippen LogP contribution is 2.30. The number of aryl methyl sites for hydroxylation is 3. The Morgan fingerprint density at radius 1 is 1.19 bits per heavy atom. The van der Waals surface area contributed by atoms with Crippen LogP contribution in [0.2, 0.25) is 0 Å². The van der Waals surface area contributed by atoms with E-state index in [-0.39, 0.29) is 6.10 Å². The van der Waals surface area contributed by atoms with Gasteiger partial charge in [0.25, 0.3) is 0 Å². The van der Waals surface area contributed by atoms with Crippen molar-refractivity contribution < 1.29 is 4.74 Å². The molecule has 0 spiro atoms. The van der Waals surface area contributed by atoms with Gasteiger partial charge in [-0.1, -0.05) is 0 Å². The van der Waals surface area contributed by atoms with Crippen molar-refractivity contribution in [2.45, 2.75) is 44.2 Å². The van der Waals surface area contributed by atoms with E-state index in [1.807, 2.05) is 17.9 Å². The van der Waals surface area contributed by atoms with Crippen LogP contribution in [0.25, 0.3) is 0 Å². The Morgan fingerprint density at radius 2 is 2.04 bits per heavy atom. The summed E-state index contributed by atoms with van der Waals surface area (Å²) in [7, 11) is 4.23. The molecular weight excluding hydrogens is 340 g/mol. The molecule has 7 heteroatoms. The van der Waals surface area contributed by atoms with Crippen LogP contribution in [0.5, 0.6) is 0 Å². The van der Waals surface area contributed by atoms with Crippen molar-refractivity contribution in [3.8, 4) is 0 Å². The van der Waals surface area contributed by atoms with Gasteiger partial charge in [-0.05, 0) is 44.4 Å². The number of hydrogen-bond acceptors (Lipinski definition) is 6. The molecule has 0 amide bonds. The maximum absolute atomic E-state index is 6.05. The van der Waals surface area contributed by atoms with Crippen LogP contribution in [0.1, 0.15) is 41.5 Å². The minimum absolute atomic E-state index is 0.130. The zero-order valence-electron chi connectivity index (χ0n) is 16.3. The smallest absolute Gasteiger partial charge is 0.151 e. The van der Waals surface area contributed by atoms with E-state index in [2.05, 4.69) is 38.2 Å². The van der Waals surface area contributed by atoms with Crippen LogP contribution in [0.4, 0.5) is 5.82 Å². The van der Waals surface area contributed by atoms with Gasteiger partial charge >= 0.3 is 0 Å².